The van der Waals surface area contributed by atoms with Gasteiger partial charge in [0.2, 0.25) is 0 Å². The van der Waals surface area contributed by atoms with Gasteiger partial charge in [-0.05, 0) is 30.2 Å². The Hall–Kier alpha value is -2.35. The Morgan fingerprint density at radius 3 is 2.50 bits per heavy atom. The van der Waals surface area contributed by atoms with Crippen LogP contribution in [0.3, 0.4) is 0 Å². The van der Waals surface area contributed by atoms with E-state index in [-0.39, 0.29) is 5.78 Å². The number of benzene rings is 2. The summed E-state index contributed by atoms with van der Waals surface area (Å²) in [7, 11) is 0. The van der Waals surface area contributed by atoms with Crippen LogP contribution in [0.1, 0.15) is 21.5 Å². The highest BCUT2D eigenvalue weighted by molar-refractivity contribution is 6.06. The fraction of sp³-hybridized carbons (Fsp3) is 0.0625. The fourth-order valence-corrected chi connectivity index (χ4v) is 1.63. The van der Waals surface area contributed by atoms with E-state index in [1.807, 2.05) is 43.3 Å². The van der Waals surface area contributed by atoms with Gasteiger partial charge in [-0.15, -0.1) is 0 Å². The molecule has 0 saturated carbocycles. The molecule has 2 rings (SSSR count). The lowest BCUT2D eigenvalue weighted by molar-refractivity contribution is 0.104. The lowest BCUT2D eigenvalue weighted by Crippen LogP contribution is -1.93. The third-order valence-electron chi connectivity index (χ3n) is 2.79. The molecule has 0 atom stereocenters. The second kappa shape index (κ2) is 5.32. The molecule has 0 aromatic heterocycles. The minimum absolute atomic E-state index is 0.00486. The van der Waals surface area contributed by atoms with Gasteiger partial charge in [0.1, 0.15) is 0 Å². The van der Waals surface area contributed by atoms with E-state index in [1.54, 1.807) is 24.3 Å². The molecule has 0 fully saturated rings. The van der Waals surface area contributed by atoms with Crippen molar-refractivity contribution in [1.29, 1.82) is 0 Å². The maximum atomic E-state index is 11.9. The maximum Gasteiger partial charge on any atom is 0.185 e. The van der Waals surface area contributed by atoms with E-state index < -0.39 is 0 Å². The van der Waals surface area contributed by atoms with Gasteiger partial charge in [0, 0.05) is 11.3 Å². The highest BCUT2D eigenvalue weighted by atomic mass is 16.1. The molecule has 0 bridgehead atoms. The smallest absolute Gasteiger partial charge is 0.185 e. The van der Waals surface area contributed by atoms with Gasteiger partial charge in [0.25, 0.3) is 0 Å². The van der Waals surface area contributed by atoms with Gasteiger partial charge in [-0.1, -0.05) is 48.5 Å². The summed E-state index contributed by atoms with van der Waals surface area (Å²) in [6, 6.07) is 15.0. The average molecular weight is 237 g/mol. The fourth-order valence-electron chi connectivity index (χ4n) is 1.63. The van der Waals surface area contributed by atoms with Crippen molar-refractivity contribution in [2.45, 2.75) is 6.92 Å². The second-order valence-corrected chi connectivity index (χ2v) is 4.18. The first-order valence-electron chi connectivity index (χ1n) is 5.80. The van der Waals surface area contributed by atoms with E-state index in [0.717, 1.165) is 16.8 Å². The number of allylic oxidation sites excluding steroid dienone is 1. The number of nitrogen functional groups attached to an aromatic ring is 1. The molecule has 0 amide bonds. The van der Waals surface area contributed by atoms with E-state index in [2.05, 4.69) is 0 Å². The minimum Gasteiger partial charge on any atom is -0.398 e. The number of rotatable bonds is 3. The van der Waals surface area contributed by atoms with Gasteiger partial charge in [0.15, 0.2) is 5.78 Å². The number of aryl methyl sites for hydroxylation is 1. The van der Waals surface area contributed by atoms with Crippen LogP contribution in [0, 0.1) is 6.92 Å². The third kappa shape index (κ3) is 2.86. The first kappa shape index (κ1) is 12.1. The van der Waals surface area contributed by atoms with Crippen LogP contribution in [0.5, 0.6) is 0 Å². The van der Waals surface area contributed by atoms with E-state index in [1.165, 1.54) is 0 Å². The first-order valence-corrected chi connectivity index (χ1v) is 5.80. The van der Waals surface area contributed by atoms with Crippen molar-refractivity contribution in [2.75, 3.05) is 5.73 Å². The summed E-state index contributed by atoms with van der Waals surface area (Å²) in [6.07, 6.45) is 3.35. The van der Waals surface area contributed by atoms with Crippen LogP contribution in [0.25, 0.3) is 6.08 Å². The normalized spacial score (nSPS) is 10.7. The number of hydrogen-bond acceptors (Lipinski definition) is 2. The van der Waals surface area contributed by atoms with E-state index in [0.29, 0.717) is 5.56 Å². The molecule has 0 aliphatic heterocycles. The number of anilines is 1. The van der Waals surface area contributed by atoms with Crippen LogP contribution in [0.4, 0.5) is 5.69 Å². The van der Waals surface area contributed by atoms with Gasteiger partial charge in [0.05, 0.1) is 0 Å². The maximum absolute atomic E-state index is 11.9. The number of carbonyl (C=O) groups is 1. The molecule has 2 aromatic rings. The van der Waals surface area contributed by atoms with Gasteiger partial charge in [-0.3, -0.25) is 4.79 Å². The summed E-state index contributed by atoms with van der Waals surface area (Å²) in [5.41, 5.74) is 9.22. The Balaban J connectivity index is 2.16. The lowest BCUT2D eigenvalue weighted by atomic mass is 10.1. The number of carbonyl (C=O) groups excluding carboxylic acids is 1. The molecule has 2 nitrogen and oxygen atoms in total. The SMILES string of the molecule is Cc1ccc(C=CC(=O)c2ccccc2)cc1N. The zero-order chi connectivity index (χ0) is 13.0. The van der Waals surface area contributed by atoms with Crippen molar-refractivity contribution in [3.8, 4) is 0 Å². The molecule has 2 N–H and O–H groups in total. The molecule has 0 saturated heterocycles. The highest BCUT2D eigenvalue weighted by Crippen LogP contribution is 2.14. The Morgan fingerprint density at radius 2 is 1.83 bits per heavy atom. The van der Waals surface area contributed by atoms with Crippen molar-refractivity contribution in [3.05, 3.63) is 71.3 Å². The summed E-state index contributed by atoms with van der Waals surface area (Å²) >= 11 is 0. The Labute approximate surface area is 107 Å². The highest BCUT2D eigenvalue weighted by Gasteiger charge is 1.99. The van der Waals surface area contributed by atoms with Crippen LogP contribution < -0.4 is 5.73 Å². The molecule has 2 aromatic carbocycles. The number of hydrogen-bond donors (Lipinski definition) is 1. The van der Waals surface area contributed by atoms with E-state index in [4.69, 9.17) is 5.73 Å². The molecule has 0 heterocycles. The van der Waals surface area contributed by atoms with Crippen molar-refractivity contribution < 1.29 is 4.79 Å². The topological polar surface area (TPSA) is 43.1 Å². The molecule has 90 valence electrons. The van der Waals surface area contributed by atoms with Crippen LogP contribution >= 0.6 is 0 Å². The Bertz CT molecular complexity index is 585. The quantitative estimate of drug-likeness (QED) is 0.504. The molecular formula is C16H15NO. The van der Waals surface area contributed by atoms with Crippen LogP contribution in [-0.4, -0.2) is 5.78 Å². The molecule has 0 aliphatic carbocycles. The van der Waals surface area contributed by atoms with E-state index >= 15 is 0 Å². The summed E-state index contributed by atoms with van der Waals surface area (Å²) in [5, 5.41) is 0. The Kier molecular flexibility index (Phi) is 3.58. The summed E-state index contributed by atoms with van der Waals surface area (Å²) in [4.78, 5) is 11.9. The minimum atomic E-state index is -0.00486. The zero-order valence-electron chi connectivity index (χ0n) is 10.3. The van der Waals surface area contributed by atoms with Gasteiger partial charge < -0.3 is 5.73 Å². The van der Waals surface area contributed by atoms with E-state index in [9.17, 15) is 4.79 Å². The molecule has 0 unspecified atom stereocenters. The van der Waals surface area contributed by atoms with Crippen LogP contribution in [0.15, 0.2) is 54.6 Å². The first-order chi connectivity index (χ1) is 8.66. The lowest BCUT2D eigenvalue weighted by Gasteiger charge is -2.00. The number of nitrogens with two attached hydrogens (primary N) is 1. The predicted molar refractivity (Wildman–Crippen MR) is 75.4 cm³/mol. The monoisotopic (exact) mass is 237 g/mol. The summed E-state index contributed by atoms with van der Waals surface area (Å²) < 4.78 is 0. The third-order valence-corrected chi connectivity index (χ3v) is 2.79. The summed E-state index contributed by atoms with van der Waals surface area (Å²) in [5.74, 6) is -0.00486. The largest absolute Gasteiger partial charge is 0.398 e. The van der Waals surface area contributed by atoms with Crippen LogP contribution in [0.2, 0.25) is 0 Å². The molecular weight excluding hydrogens is 222 g/mol. The molecule has 18 heavy (non-hydrogen) atoms. The second-order valence-electron chi connectivity index (χ2n) is 4.18. The van der Waals surface area contributed by atoms with Crippen LogP contribution in [-0.2, 0) is 0 Å². The van der Waals surface area contributed by atoms with Gasteiger partial charge >= 0.3 is 0 Å². The van der Waals surface area contributed by atoms with Crippen molar-refractivity contribution in [2.24, 2.45) is 0 Å². The van der Waals surface area contributed by atoms with Crippen molar-refractivity contribution in [1.82, 2.24) is 0 Å². The van der Waals surface area contributed by atoms with Gasteiger partial charge in [-0.2, -0.15) is 0 Å². The molecule has 0 aliphatic rings. The Morgan fingerprint density at radius 1 is 1.11 bits per heavy atom. The summed E-state index contributed by atoms with van der Waals surface area (Å²) in [6.45, 7) is 1.96. The molecule has 0 radical (unpaired) electrons. The predicted octanol–water partition coefficient (Wildman–Crippen LogP) is 3.47. The standard InChI is InChI=1S/C16H15NO/c1-12-7-8-13(11-15(12)17)9-10-16(18)14-5-3-2-4-6-14/h2-11H,17H2,1H3. The zero-order valence-corrected chi connectivity index (χ0v) is 10.3. The average Bonchev–Trinajstić information content (AvgIpc) is 2.41. The molecule has 2 heteroatoms. The van der Waals surface area contributed by atoms with Crippen molar-refractivity contribution in [3.63, 3.8) is 0 Å². The van der Waals surface area contributed by atoms with Crippen molar-refractivity contribution >= 4 is 17.5 Å². The molecule has 0 spiro atoms. The van der Waals surface area contributed by atoms with Gasteiger partial charge in [-0.25, -0.2) is 0 Å². The number of ketones is 1.